The summed E-state index contributed by atoms with van der Waals surface area (Å²) in [6, 6.07) is 7.76. The number of methoxy groups -OCH3 is 1. The Morgan fingerprint density at radius 1 is 1.35 bits per heavy atom. The maximum atomic E-state index is 9.45. The largest absolute Gasteiger partial charge is 0.497 e. The van der Waals surface area contributed by atoms with Crippen LogP contribution in [0.4, 0.5) is 0 Å². The summed E-state index contributed by atoms with van der Waals surface area (Å²) < 4.78 is 10.5. The second-order valence-electron chi connectivity index (χ2n) is 3.87. The maximum absolute atomic E-state index is 9.45. The molecule has 0 aliphatic heterocycles. The molecule has 0 unspecified atom stereocenters. The molecule has 1 rings (SSSR count). The lowest BCUT2D eigenvalue weighted by atomic mass is 10.2. The van der Waals surface area contributed by atoms with E-state index in [1.807, 2.05) is 24.3 Å². The van der Waals surface area contributed by atoms with Gasteiger partial charge in [0.05, 0.1) is 19.8 Å². The molecule has 1 atom stereocenters. The molecule has 1 aromatic carbocycles. The van der Waals surface area contributed by atoms with Crippen molar-refractivity contribution in [2.24, 2.45) is 0 Å². The fourth-order valence-corrected chi connectivity index (χ4v) is 1.44. The van der Waals surface area contributed by atoms with Crippen molar-refractivity contribution in [3.63, 3.8) is 0 Å². The van der Waals surface area contributed by atoms with Gasteiger partial charge in [-0.1, -0.05) is 18.2 Å². The minimum atomic E-state index is -0.344. The summed E-state index contributed by atoms with van der Waals surface area (Å²) in [7, 11) is 1.65. The Morgan fingerprint density at radius 2 is 2.06 bits per heavy atom. The first kappa shape index (κ1) is 13.7. The molecule has 0 aromatic heterocycles. The molecule has 1 N–H and O–H groups in total. The average molecular weight is 236 g/mol. The number of aliphatic hydroxyl groups excluding tert-OH is 1. The van der Waals surface area contributed by atoms with E-state index < -0.39 is 0 Å². The molecule has 0 radical (unpaired) electrons. The van der Waals surface area contributed by atoms with E-state index in [-0.39, 0.29) is 6.10 Å². The smallest absolute Gasteiger partial charge is 0.118 e. The van der Waals surface area contributed by atoms with Crippen LogP contribution in [-0.4, -0.2) is 24.9 Å². The van der Waals surface area contributed by atoms with Crippen molar-refractivity contribution in [2.75, 3.05) is 13.7 Å². The number of benzene rings is 1. The van der Waals surface area contributed by atoms with Gasteiger partial charge in [-0.15, -0.1) is 6.58 Å². The van der Waals surface area contributed by atoms with Gasteiger partial charge in [0, 0.05) is 6.61 Å². The van der Waals surface area contributed by atoms with Gasteiger partial charge in [0.1, 0.15) is 5.75 Å². The normalized spacial score (nSPS) is 12.1. The molecule has 0 amide bonds. The predicted octanol–water partition coefficient (Wildman–Crippen LogP) is 2.54. The Kier molecular flexibility index (Phi) is 6.37. The predicted molar refractivity (Wildman–Crippen MR) is 68.1 cm³/mol. The van der Waals surface area contributed by atoms with Crippen LogP contribution in [0.1, 0.15) is 18.4 Å². The van der Waals surface area contributed by atoms with Gasteiger partial charge in [-0.3, -0.25) is 0 Å². The van der Waals surface area contributed by atoms with Crippen LogP contribution < -0.4 is 4.74 Å². The van der Waals surface area contributed by atoms with Gasteiger partial charge in [-0.2, -0.15) is 0 Å². The number of hydrogen-bond donors (Lipinski definition) is 1. The highest BCUT2D eigenvalue weighted by Crippen LogP contribution is 2.12. The molecule has 0 spiro atoms. The Balaban J connectivity index is 2.19. The molecule has 0 saturated heterocycles. The molecular weight excluding hydrogens is 216 g/mol. The average Bonchev–Trinajstić information content (AvgIpc) is 2.36. The lowest BCUT2D eigenvalue weighted by Gasteiger charge is -2.08. The van der Waals surface area contributed by atoms with Gasteiger partial charge < -0.3 is 14.6 Å². The third-order valence-electron chi connectivity index (χ3n) is 2.46. The summed E-state index contributed by atoms with van der Waals surface area (Å²) in [6.07, 6.45) is 2.63. The van der Waals surface area contributed by atoms with E-state index >= 15 is 0 Å². The minimum Gasteiger partial charge on any atom is -0.497 e. The van der Waals surface area contributed by atoms with Crippen molar-refractivity contribution in [1.82, 2.24) is 0 Å². The highest BCUT2D eigenvalue weighted by molar-refractivity contribution is 5.26. The number of aliphatic hydroxyl groups is 1. The Hall–Kier alpha value is -1.32. The van der Waals surface area contributed by atoms with Crippen LogP contribution in [0.2, 0.25) is 0 Å². The molecule has 3 heteroatoms. The molecule has 0 aliphatic carbocycles. The first-order chi connectivity index (χ1) is 8.26. The Morgan fingerprint density at radius 3 is 2.65 bits per heavy atom. The number of rotatable bonds is 8. The van der Waals surface area contributed by atoms with E-state index in [2.05, 4.69) is 6.58 Å². The van der Waals surface area contributed by atoms with E-state index in [0.29, 0.717) is 26.1 Å². The monoisotopic (exact) mass is 236 g/mol. The van der Waals surface area contributed by atoms with Crippen molar-refractivity contribution >= 4 is 0 Å². The molecule has 0 fully saturated rings. The van der Waals surface area contributed by atoms with Crippen molar-refractivity contribution in [2.45, 2.75) is 25.6 Å². The lowest BCUT2D eigenvalue weighted by molar-refractivity contribution is 0.0746. The van der Waals surface area contributed by atoms with Gasteiger partial charge in [0.2, 0.25) is 0 Å². The third-order valence-corrected chi connectivity index (χ3v) is 2.46. The summed E-state index contributed by atoms with van der Waals surface area (Å²) in [6.45, 7) is 4.70. The second kappa shape index (κ2) is 7.87. The quantitative estimate of drug-likeness (QED) is 0.557. The number of ether oxygens (including phenoxy) is 2. The van der Waals surface area contributed by atoms with Crippen LogP contribution in [0.25, 0.3) is 0 Å². The highest BCUT2D eigenvalue weighted by Gasteiger charge is 2.01. The summed E-state index contributed by atoms with van der Waals surface area (Å²) in [5.74, 6) is 0.843. The van der Waals surface area contributed by atoms with Crippen molar-refractivity contribution in [3.05, 3.63) is 42.5 Å². The van der Waals surface area contributed by atoms with E-state index in [0.717, 1.165) is 11.3 Å². The lowest BCUT2D eigenvalue weighted by Crippen LogP contribution is -2.09. The van der Waals surface area contributed by atoms with Crippen molar-refractivity contribution in [1.29, 1.82) is 0 Å². The zero-order chi connectivity index (χ0) is 12.5. The summed E-state index contributed by atoms with van der Waals surface area (Å²) >= 11 is 0. The maximum Gasteiger partial charge on any atom is 0.118 e. The molecule has 0 aliphatic rings. The fraction of sp³-hybridized carbons (Fsp3) is 0.429. The number of hydrogen-bond acceptors (Lipinski definition) is 3. The summed E-state index contributed by atoms with van der Waals surface area (Å²) in [4.78, 5) is 0. The standard InChI is InChI=1S/C14H20O3/c1-3-4-13(15)9-10-17-11-12-5-7-14(16-2)8-6-12/h3,5-8,13,15H,1,4,9-11H2,2H3/t13-/m0/s1. The third kappa shape index (κ3) is 5.52. The van der Waals surface area contributed by atoms with Crippen molar-refractivity contribution < 1.29 is 14.6 Å². The van der Waals surface area contributed by atoms with Crippen LogP contribution in [0.5, 0.6) is 5.75 Å². The molecular formula is C14H20O3. The molecule has 94 valence electrons. The van der Waals surface area contributed by atoms with Gasteiger partial charge in [0.15, 0.2) is 0 Å². The summed E-state index contributed by atoms with van der Waals surface area (Å²) in [5.41, 5.74) is 1.10. The van der Waals surface area contributed by atoms with Gasteiger partial charge in [-0.05, 0) is 30.5 Å². The second-order valence-corrected chi connectivity index (χ2v) is 3.87. The van der Waals surface area contributed by atoms with Gasteiger partial charge in [0.25, 0.3) is 0 Å². The van der Waals surface area contributed by atoms with Gasteiger partial charge in [-0.25, -0.2) is 0 Å². The molecule has 3 nitrogen and oxygen atoms in total. The highest BCUT2D eigenvalue weighted by atomic mass is 16.5. The first-order valence-electron chi connectivity index (χ1n) is 5.76. The van der Waals surface area contributed by atoms with E-state index in [9.17, 15) is 5.11 Å². The molecule has 0 heterocycles. The van der Waals surface area contributed by atoms with Crippen LogP contribution in [0.15, 0.2) is 36.9 Å². The molecule has 1 aromatic rings. The first-order valence-corrected chi connectivity index (χ1v) is 5.76. The SMILES string of the molecule is C=CC[C@H](O)CCOCc1ccc(OC)cc1. The molecule has 0 bridgehead atoms. The van der Waals surface area contributed by atoms with E-state index in [1.54, 1.807) is 13.2 Å². The van der Waals surface area contributed by atoms with Crippen molar-refractivity contribution in [3.8, 4) is 5.75 Å². The zero-order valence-electron chi connectivity index (χ0n) is 10.3. The minimum absolute atomic E-state index is 0.344. The van der Waals surface area contributed by atoms with Crippen LogP contribution in [-0.2, 0) is 11.3 Å². The van der Waals surface area contributed by atoms with Crippen LogP contribution in [0.3, 0.4) is 0 Å². The molecule has 0 saturated carbocycles. The van der Waals surface area contributed by atoms with Crippen LogP contribution >= 0.6 is 0 Å². The topological polar surface area (TPSA) is 38.7 Å². The Labute approximate surface area is 103 Å². The fourth-order valence-electron chi connectivity index (χ4n) is 1.44. The Bertz CT molecular complexity index is 319. The van der Waals surface area contributed by atoms with Crippen LogP contribution in [0, 0.1) is 0 Å². The zero-order valence-corrected chi connectivity index (χ0v) is 10.3. The van der Waals surface area contributed by atoms with Gasteiger partial charge >= 0.3 is 0 Å². The molecule has 17 heavy (non-hydrogen) atoms. The summed E-state index contributed by atoms with van der Waals surface area (Å²) in [5, 5.41) is 9.45. The van der Waals surface area contributed by atoms with E-state index in [4.69, 9.17) is 9.47 Å². The van der Waals surface area contributed by atoms with E-state index in [1.165, 1.54) is 0 Å².